The van der Waals surface area contributed by atoms with Crippen LogP contribution in [0.15, 0.2) is 49.1 Å². The Bertz CT molecular complexity index is 827. The average Bonchev–Trinajstić information content (AvgIpc) is 3.35. The molecule has 1 amide bonds. The number of hydrogen-bond donors (Lipinski definition) is 3. The molecule has 0 radical (unpaired) electrons. The molecule has 2 aromatic heterocycles. The van der Waals surface area contributed by atoms with Gasteiger partial charge in [0.1, 0.15) is 5.60 Å². The van der Waals surface area contributed by atoms with Gasteiger partial charge in [0, 0.05) is 24.7 Å². The number of imidazole rings is 1. The Morgan fingerprint density at radius 1 is 1.25 bits per heavy atom. The van der Waals surface area contributed by atoms with Gasteiger partial charge in [0.05, 0.1) is 30.5 Å². The van der Waals surface area contributed by atoms with Crippen molar-refractivity contribution in [2.45, 2.75) is 12.0 Å². The molecule has 1 atom stereocenters. The molecule has 3 N–H and O–H groups in total. The number of amides is 1. The van der Waals surface area contributed by atoms with Crippen molar-refractivity contribution in [3.8, 4) is 11.3 Å². The van der Waals surface area contributed by atoms with E-state index in [0.29, 0.717) is 24.2 Å². The van der Waals surface area contributed by atoms with Gasteiger partial charge in [-0.25, -0.2) is 4.98 Å². The lowest BCUT2D eigenvalue weighted by Gasteiger charge is -2.22. The zero-order chi connectivity index (χ0) is 16.6. The van der Waals surface area contributed by atoms with E-state index in [4.69, 9.17) is 0 Å². The van der Waals surface area contributed by atoms with Gasteiger partial charge in [0.25, 0.3) is 5.91 Å². The lowest BCUT2D eigenvalue weighted by molar-refractivity contribution is 0.0382. The summed E-state index contributed by atoms with van der Waals surface area (Å²) in [4.78, 5) is 21.4. The van der Waals surface area contributed by atoms with Gasteiger partial charge in [-0.2, -0.15) is 5.10 Å². The number of H-pyrrole nitrogens is 2. The number of β-amino-alcohol motifs (C(OH)–C–C–N with tert-alkyl or cyclic N) is 1. The minimum absolute atomic E-state index is 0.0819. The third-order valence-electron chi connectivity index (χ3n) is 4.48. The number of carbonyl (C=O) groups is 1. The van der Waals surface area contributed by atoms with Crippen LogP contribution in [0.5, 0.6) is 0 Å². The van der Waals surface area contributed by atoms with Crippen LogP contribution >= 0.6 is 0 Å². The quantitative estimate of drug-likeness (QED) is 0.681. The van der Waals surface area contributed by atoms with E-state index < -0.39 is 5.60 Å². The lowest BCUT2D eigenvalue weighted by Crippen LogP contribution is -2.34. The summed E-state index contributed by atoms with van der Waals surface area (Å²) in [5.74, 6) is -0.0819. The maximum atomic E-state index is 12.7. The molecule has 1 aliphatic rings. The first-order valence-electron chi connectivity index (χ1n) is 7.76. The summed E-state index contributed by atoms with van der Waals surface area (Å²) in [5, 5.41) is 17.4. The molecule has 0 aliphatic carbocycles. The zero-order valence-electron chi connectivity index (χ0n) is 12.9. The van der Waals surface area contributed by atoms with Gasteiger partial charge in [0.2, 0.25) is 0 Å². The van der Waals surface area contributed by atoms with Crippen molar-refractivity contribution < 1.29 is 9.90 Å². The summed E-state index contributed by atoms with van der Waals surface area (Å²) in [7, 11) is 0. The first-order valence-corrected chi connectivity index (χ1v) is 7.76. The largest absolute Gasteiger partial charge is 0.382 e. The minimum atomic E-state index is -1.05. The van der Waals surface area contributed by atoms with Gasteiger partial charge in [-0.3, -0.25) is 9.89 Å². The van der Waals surface area contributed by atoms with Crippen molar-refractivity contribution in [2.24, 2.45) is 0 Å². The standard InChI is InChI=1S/C17H17N5O2/c23-16(13-3-1-12(2-4-13)14-9-18-11-19-14)22-8-6-17(24,10-22)15-5-7-20-21-15/h1-5,7,9,11,24H,6,8,10H2,(H,18,19)(H,20,21). The number of rotatable bonds is 3. The van der Waals surface area contributed by atoms with Crippen LogP contribution in [0.3, 0.4) is 0 Å². The summed E-state index contributed by atoms with van der Waals surface area (Å²) in [6.45, 7) is 0.771. The number of nitrogens with zero attached hydrogens (tertiary/aromatic N) is 3. The summed E-state index contributed by atoms with van der Waals surface area (Å²) >= 11 is 0. The maximum Gasteiger partial charge on any atom is 0.253 e. The average molecular weight is 323 g/mol. The second-order valence-electron chi connectivity index (χ2n) is 6.02. The Hall–Kier alpha value is -2.93. The van der Waals surface area contributed by atoms with Crippen LogP contribution in [-0.4, -0.2) is 49.2 Å². The smallest absolute Gasteiger partial charge is 0.253 e. The molecule has 122 valence electrons. The number of aromatic amines is 2. The van der Waals surface area contributed by atoms with Gasteiger partial charge in [-0.15, -0.1) is 0 Å². The topological polar surface area (TPSA) is 97.9 Å². The van der Waals surface area contributed by atoms with Crippen molar-refractivity contribution in [3.05, 3.63) is 60.3 Å². The number of nitrogens with one attached hydrogen (secondary N) is 2. The van der Waals surface area contributed by atoms with Crippen molar-refractivity contribution in [1.82, 2.24) is 25.1 Å². The Morgan fingerprint density at radius 2 is 2.08 bits per heavy atom. The highest BCUT2D eigenvalue weighted by Crippen LogP contribution is 2.31. The molecule has 3 aromatic rings. The van der Waals surface area contributed by atoms with Gasteiger partial charge < -0.3 is 15.0 Å². The summed E-state index contributed by atoms with van der Waals surface area (Å²) in [6, 6.07) is 9.11. The molecule has 1 fully saturated rings. The van der Waals surface area contributed by atoms with E-state index in [-0.39, 0.29) is 12.5 Å². The second-order valence-corrected chi connectivity index (χ2v) is 6.02. The van der Waals surface area contributed by atoms with Crippen LogP contribution in [0.1, 0.15) is 22.5 Å². The van der Waals surface area contributed by atoms with Crippen LogP contribution < -0.4 is 0 Å². The predicted octanol–water partition coefficient (Wildman–Crippen LogP) is 1.53. The molecular formula is C17H17N5O2. The number of hydrogen-bond acceptors (Lipinski definition) is 4. The van der Waals surface area contributed by atoms with Crippen LogP contribution in [0.4, 0.5) is 0 Å². The number of likely N-dealkylation sites (tertiary alicyclic amines) is 1. The third kappa shape index (κ3) is 2.48. The Balaban J connectivity index is 1.50. The number of carbonyl (C=O) groups excluding carboxylic acids is 1. The van der Waals surface area contributed by atoms with E-state index >= 15 is 0 Å². The van der Waals surface area contributed by atoms with E-state index in [9.17, 15) is 9.90 Å². The predicted molar refractivity (Wildman–Crippen MR) is 87.0 cm³/mol. The lowest BCUT2D eigenvalue weighted by atomic mass is 9.99. The molecule has 24 heavy (non-hydrogen) atoms. The molecule has 0 bridgehead atoms. The Labute approximate surface area is 138 Å². The van der Waals surface area contributed by atoms with E-state index in [1.54, 1.807) is 41.8 Å². The molecule has 7 nitrogen and oxygen atoms in total. The molecule has 0 saturated carbocycles. The molecule has 4 rings (SSSR count). The van der Waals surface area contributed by atoms with Crippen LogP contribution in [0, 0.1) is 0 Å². The first kappa shape index (κ1) is 14.6. The highest BCUT2D eigenvalue weighted by Gasteiger charge is 2.40. The summed E-state index contributed by atoms with van der Waals surface area (Å²) < 4.78 is 0. The van der Waals surface area contributed by atoms with Crippen molar-refractivity contribution in [2.75, 3.05) is 13.1 Å². The highest BCUT2D eigenvalue weighted by atomic mass is 16.3. The molecule has 3 heterocycles. The van der Waals surface area contributed by atoms with Gasteiger partial charge >= 0.3 is 0 Å². The van der Waals surface area contributed by atoms with Crippen molar-refractivity contribution in [1.29, 1.82) is 0 Å². The summed E-state index contributed by atoms with van der Waals surface area (Å²) in [5.41, 5.74) is 2.07. The molecule has 1 saturated heterocycles. The monoisotopic (exact) mass is 323 g/mol. The van der Waals surface area contributed by atoms with Crippen molar-refractivity contribution >= 4 is 5.91 Å². The minimum Gasteiger partial charge on any atom is -0.382 e. The van der Waals surface area contributed by atoms with Crippen molar-refractivity contribution in [3.63, 3.8) is 0 Å². The van der Waals surface area contributed by atoms with E-state index in [0.717, 1.165) is 11.3 Å². The third-order valence-corrected chi connectivity index (χ3v) is 4.48. The fourth-order valence-electron chi connectivity index (χ4n) is 3.09. The zero-order valence-corrected chi connectivity index (χ0v) is 12.9. The normalized spacial score (nSPS) is 20.5. The van der Waals surface area contributed by atoms with E-state index in [1.807, 2.05) is 12.1 Å². The molecule has 1 unspecified atom stereocenters. The molecule has 1 aliphatic heterocycles. The second kappa shape index (κ2) is 5.61. The SMILES string of the molecule is O=C(c1ccc(-c2cnc[nH]2)cc1)N1CCC(O)(c2ccn[nH]2)C1. The van der Waals surface area contributed by atoms with Crippen LogP contribution in [0.25, 0.3) is 11.3 Å². The summed E-state index contributed by atoms with van der Waals surface area (Å²) in [6.07, 6.45) is 5.45. The maximum absolute atomic E-state index is 12.7. The molecular weight excluding hydrogens is 306 g/mol. The number of aliphatic hydroxyl groups is 1. The van der Waals surface area contributed by atoms with Crippen LogP contribution in [-0.2, 0) is 5.60 Å². The number of aromatic nitrogens is 4. The Morgan fingerprint density at radius 3 is 2.75 bits per heavy atom. The molecule has 0 spiro atoms. The number of benzene rings is 1. The first-order chi connectivity index (χ1) is 11.7. The van der Waals surface area contributed by atoms with Gasteiger partial charge in [-0.05, 0) is 23.8 Å². The Kier molecular flexibility index (Phi) is 3.42. The molecule has 7 heteroatoms. The van der Waals surface area contributed by atoms with Crippen LogP contribution in [0.2, 0.25) is 0 Å². The van der Waals surface area contributed by atoms with Gasteiger partial charge in [0.15, 0.2) is 0 Å². The van der Waals surface area contributed by atoms with Gasteiger partial charge in [-0.1, -0.05) is 12.1 Å². The fraction of sp³-hybridized carbons (Fsp3) is 0.235. The molecule has 1 aromatic carbocycles. The fourth-order valence-corrected chi connectivity index (χ4v) is 3.09. The van der Waals surface area contributed by atoms with E-state index in [2.05, 4.69) is 20.2 Å². The van der Waals surface area contributed by atoms with E-state index in [1.165, 1.54) is 0 Å². The highest BCUT2D eigenvalue weighted by molar-refractivity contribution is 5.95.